The van der Waals surface area contributed by atoms with E-state index in [1.807, 2.05) is 54.6 Å². The predicted molar refractivity (Wildman–Crippen MR) is 116 cm³/mol. The number of amides is 2. The summed E-state index contributed by atoms with van der Waals surface area (Å²) in [5.41, 5.74) is 3.55. The Hall–Kier alpha value is -2.77. The van der Waals surface area contributed by atoms with Crippen molar-refractivity contribution in [3.05, 3.63) is 66.2 Å². The van der Waals surface area contributed by atoms with Crippen molar-refractivity contribution in [1.82, 2.24) is 10.8 Å². The van der Waals surface area contributed by atoms with Crippen LogP contribution in [-0.2, 0) is 9.59 Å². The Balaban J connectivity index is 1.50. The highest BCUT2D eigenvalue weighted by Gasteiger charge is 2.21. The highest BCUT2D eigenvalue weighted by Crippen LogP contribution is 2.25. The van der Waals surface area contributed by atoms with E-state index in [1.165, 1.54) is 6.08 Å². The van der Waals surface area contributed by atoms with Gasteiger partial charge in [-0.2, -0.15) is 0 Å². The maximum absolute atomic E-state index is 12.3. The molecule has 1 aliphatic heterocycles. The summed E-state index contributed by atoms with van der Waals surface area (Å²) in [6, 6.07) is 17.9. The highest BCUT2D eigenvalue weighted by molar-refractivity contribution is 8.00. The molecule has 1 aliphatic rings. The molecular weight excluding hydrogens is 386 g/mol. The third kappa shape index (κ3) is 6.37. The van der Waals surface area contributed by atoms with Crippen molar-refractivity contribution in [2.24, 2.45) is 0 Å². The second kappa shape index (κ2) is 10.7. The first kappa shape index (κ1) is 21.0. The molecule has 1 saturated heterocycles. The van der Waals surface area contributed by atoms with E-state index >= 15 is 0 Å². The number of benzene rings is 2. The summed E-state index contributed by atoms with van der Waals surface area (Å²) in [5, 5.41) is 11.8. The van der Waals surface area contributed by atoms with Crippen LogP contribution >= 0.6 is 11.8 Å². The zero-order valence-corrected chi connectivity index (χ0v) is 16.9. The van der Waals surface area contributed by atoms with Crippen molar-refractivity contribution >= 4 is 35.3 Å². The number of carbonyl (C=O) groups excluding carboxylic acids is 2. The monoisotopic (exact) mass is 411 g/mol. The van der Waals surface area contributed by atoms with Crippen molar-refractivity contribution in [2.75, 3.05) is 23.7 Å². The van der Waals surface area contributed by atoms with Crippen molar-refractivity contribution < 1.29 is 14.8 Å². The van der Waals surface area contributed by atoms with Crippen molar-refractivity contribution in [3.8, 4) is 0 Å². The van der Waals surface area contributed by atoms with Gasteiger partial charge in [-0.05, 0) is 42.7 Å². The number of para-hydroxylation sites is 1. The first-order valence-corrected chi connectivity index (χ1v) is 10.6. The number of nitrogens with zero attached hydrogens (tertiary/aromatic N) is 1. The molecule has 29 heavy (non-hydrogen) atoms. The average molecular weight is 412 g/mol. The summed E-state index contributed by atoms with van der Waals surface area (Å²) in [6.07, 6.45) is 4.74. The van der Waals surface area contributed by atoms with Crippen molar-refractivity contribution in [3.63, 3.8) is 0 Å². The van der Waals surface area contributed by atoms with Gasteiger partial charge in [0.05, 0.1) is 5.75 Å². The molecule has 2 aromatic rings. The second-order valence-electron chi connectivity index (χ2n) is 6.80. The van der Waals surface area contributed by atoms with Gasteiger partial charge in [0, 0.05) is 35.8 Å². The first-order valence-electron chi connectivity index (χ1n) is 9.59. The fourth-order valence-electron chi connectivity index (χ4n) is 3.32. The molecule has 0 atom stereocenters. The van der Waals surface area contributed by atoms with Gasteiger partial charge in [0.2, 0.25) is 5.91 Å². The molecule has 2 amide bonds. The van der Waals surface area contributed by atoms with Crippen LogP contribution in [-0.4, -0.2) is 41.9 Å². The van der Waals surface area contributed by atoms with E-state index in [4.69, 9.17) is 5.21 Å². The van der Waals surface area contributed by atoms with E-state index in [1.54, 1.807) is 23.3 Å². The molecule has 0 saturated carbocycles. The molecule has 0 aromatic heterocycles. The Morgan fingerprint density at radius 1 is 1.07 bits per heavy atom. The predicted octanol–water partition coefficient (Wildman–Crippen LogP) is 3.08. The van der Waals surface area contributed by atoms with Crippen LogP contribution in [0.25, 0.3) is 6.08 Å². The minimum atomic E-state index is -0.561. The molecule has 1 fully saturated rings. The summed E-state index contributed by atoms with van der Waals surface area (Å²) in [6.45, 7) is 1.65. The lowest BCUT2D eigenvalue weighted by atomic mass is 10.0. The zero-order valence-electron chi connectivity index (χ0n) is 16.1. The largest absolute Gasteiger partial charge is 0.371 e. The molecule has 6 nitrogen and oxygen atoms in total. The number of anilines is 1. The van der Waals surface area contributed by atoms with E-state index in [0.29, 0.717) is 5.75 Å². The number of nitrogens with one attached hydrogen (secondary N) is 2. The lowest BCUT2D eigenvalue weighted by Gasteiger charge is -2.34. The van der Waals surface area contributed by atoms with Gasteiger partial charge in [-0.15, -0.1) is 11.8 Å². The number of hydrogen-bond donors (Lipinski definition) is 3. The standard InChI is InChI=1S/C22H25N3O3S/c26-21(24-28)11-10-17-6-4-5-9-20(17)25-14-12-18(13-15-25)23-22(27)16-29-19-7-2-1-3-8-19/h1-11,18,28H,12-16H2,(H,23,27)(H,24,26). The third-order valence-electron chi connectivity index (χ3n) is 4.78. The van der Waals surface area contributed by atoms with E-state index in [-0.39, 0.29) is 11.9 Å². The molecule has 0 aliphatic carbocycles. The minimum Gasteiger partial charge on any atom is -0.371 e. The highest BCUT2D eigenvalue weighted by atomic mass is 32.2. The van der Waals surface area contributed by atoms with Crippen LogP contribution in [0, 0.1) is 0 Å². The van der Waals surface area contributed by atoms with Crippen LogP contribution in [0.1, 0.15) is 18.4 Å². The Bertz CT molecular complexity index is 849. The van der Waals surface area contributed by atoms with Gasteiger partial charge in [0.25, 0.3) is 5.91 Å². The van der Waals surface area contributed by atoms with Crippen molar-refractivity contribution in [1.29, 1.82) is 0 Å². The van der Waals surface area contributed by atoms with Gasteiger partial charge >= 0.3 is 0 Å². The first-order chi connectivity index (χ1) is 14.2. The van der Waals surface area contributed by atoms with Crippen LogP contribution in [0.5, 0.6) is 0 Å². The molecule has 152 valence electrons. The topological polar surface area (TPSA) is 81.7 Å². The summed E-state index contributed by atoms with van der Waals surface area (Å²) >= 11 is 1.55. The molecular formula is C22H25N3O3S. The van der Waals surface area contributed by atoms with Crippen LogP contribution in [0.4, 0.5) is 5.69 Å². The van der Waals surface area contributed by atoms with E-state index < -0.39 is 5.91 Å². The quantitative estimate of drug-likeness (QED) is 0.282. The van der Waals surface area contributed by atoms with Crippen LogP contribution < -0.4 is 15.7 Å². The van der Waals surface area contributed by atoms with Gasteiger partial charge in [-0.1, -0.05) is 36.4 Å². The molecule has 7 heteroatoms. The number of rotatable bonds is 7. The van der Waals surface area contributed by atoms with E-state index in [9.17, 15) is 9.59 Å². The summed E-state index contributed by atoms with van der Waals surface area (Å²) < 4.78 is 0. The maximum atomic E-state index is 12.3. The molecule has 1 heterocycles. The lowest BCUT2D eigenvalue weighted by molar-refractivity contribution is -0.124. The smallest absolute Gasteiger partial charge is 0.267 e. The van der Waals surface area contributed by atoms with Gasteiger partial charge in [-0.25, -0.2) is 5.48 Å². The number of carbonyl (C=O) groups is 2. The summed E-state index contributed by atoms with van der Waals surface area (Å²) in [4.78, 5) is 26.9. The van der Waals surface area contributed by atoms with Crippen LogP contribution in [0.3, 0.4) is 0 Å². The van der Waals surface area contributed by atoms with Gasteiger partial charge in [0.1, 0.15) is 0 Å². The van der Waals surface area contributed by atoms with Gasteiger partial charge in [0.15, 0.2) is 0 Å². The summed E-state index contributed by atoms with van der Waals surface area (Å²) in [7, 11) is 0. The number of thioether (sulfide) groups is 1. The molecule has 3 rings (SSSR count). The second-order valence-corrected chi connectivity index (χ2v) is 7.85. The normalized spacial score (nSPS) is 14.7. The number of hydroxylamine groups is 1. The van der Waals surface area contributed by atoms with Crippen molar-refractivity contribution in [2.45, 2.75) is 23.8 Å². The fourth-order valence-corrected chi connectivity index (χ4v) is 4.05. The maximum Gasteiger partial charge on any atom is 0.267 e. The Morgan fingerprint density at radius 2 is 1.76 bits per heavy atom. The Labute approximate surface area is 174 Å². The van der Waals surface area contributed by atoms with E-state index in [0.717, 1.165) is 42.1 Å². The minimum absolute atomic E-state index is 0.0654. The summed E-state index contributed by atoms with van der Waals surface area (Å²) in [5.74, 6) is -0.0737. The molecule has 0 spiro atoms. The Kier molecular flexibility index (Phi) is 7.72. The molecule has 2 aromatic carbocycles. The number of hydrogen-bond acceptors (Lipinski definition) is 5. The SMILES string of the molecule is O=C(C=Cc1ccccc1N1CCC(NC(=O)CSc2ccccc2)CC1)NO. The Morgan fingerprint density at radius 3 is 2.48 bits per heavy atom. The number of piperidine rings is 1. The van der Waals surface area contributed by atoms with Gasteiger partial charge < -0.3 is 10.2 Å². The van der Waals surface area contributed by atoms with Crippen LogP contribution in [0.15, 0.2) is 65.6 Å². The third-order valence-corrected chi connectivity index (χ3v) is 5.79. The fraction of sp³-hybridized carbons (Fsp3) is 0.273. The van der Waals surface area contributed by atoms with E-state index in [2.05, 4.69) is 10.2 Å². The van der Waals surface area contributed by atoms with Gasteiger partial charge in [-0.3, -0.25) is 14.8 Å². The lowest BCUT2D eigenvalue weighted by Crippen LogP contribution is -2.45. The van der Waals surface area contributed by atoms with Crippen LogP contribution in [0.2, 0.25) is 0 Å². The molecule has 3 N–H and O–H groups in total. The average Bonchev–Trinajstić information content (AvgIpc) is 2.77. The molecule has 0 bridgehead atoms. The molecule has 0 radical (unpaired) electrons. The zero-order chi connectivity index (χ0) is 20.5. The molecule has 0 unspecified atom stereocenters.